The molecule has 0 atom stereocenters. The lowest BCUT2D eigenvalue weighted by Gasteiger charge is -2.22. The summed E-state index contributed by atoms with van der Waals surface area (Å²) in [6.07, 6.45) is 0.0215. The number of benzene rings is 3. The number of aliphatic imine (C=N–C) groups is 1. The lowest BCUT2D eigenvalue weighted by Crippen LogP contribution is -2.38. The average molecular weight is 472 g/mol. The third-order valence-electron chi connectivity index (χ3n) is 5.47. The van der Waals surface area contributed by atoms with E-state index in [-0.39, 0.29) is 31.0 Å². The maximum Gasteiger partial charge on any atom is 0.340 e. The van der Waals surface area contributed by atoms with Gasteiger partial charge >= 0.3 is 5.97 Å². The van der Waals surface area contributed by atoms with Gasteiger partial charge in [0.2, 0.25) is 11.8 Å². The van der Waals surface area contributed by atoms with Crippen LogP contribution in [-0.4, -0.2) is 43.8 Å². The molecule has 4 rings (SSSR count). The fourth-order valence-electron chi connectivity index (χ4n) is 3.78. The number of fused-ring (bicyclic) bond motifs is 1. The molecule has 0 aromatic heterocycles. The van der Waals surface area contributed by atoms with Crippen LogP contribution in [0.25, 0.3) is 0 Å². The fraction of sp³-hybridized carbons (Fsp3) is 0.185. The minimum Gasteiger partial charge on any atom is -0.497 e. The number of rotatable bonds is 7. The van der Waals surface area contributed by atoms with E-state index in [1.54, 1.807) is 56.5 Å². The number of anilines is 2. The first kappa shape index (κ1) is 23.7. The Bertz CT molecular complexity index is 1280. The van der Waals surface area contributed by atoms with Gasteiger partial charge in [0.05, 0.1) is 48.5 Å². The number of esters is 1. The van der Waals surface area contributed by atoms with Gasteiger partial charge in [0.1, 0.15) is 12.3 Å². The van der Waals surface area contributed by atoms with Crippen molar-refractivity contribution in [3.8, 4) is 5.75 Å². The zero-order valence-corrected chi connectivity index (χ0v) is 19.5. The number of carbonyl (C=O) groups is 3. The largest absolute Gasteiger partial charge is 0.497 e. The van der Waals surface area contributed by atoms with Gasteiger partial charge in [-0.25, -0.2) is 4.79 Å². The summed E-state index contributed by atoms with van der Waals surface area (Å²) in [5, 5.41) is 2.74. The summed E-state index contributed by atoms with van der Waals surface area (Å²) in [5.41, 5.74) is 3.08. The Morgan fingerprint density at radius 1 is 1.00 bits per heavy atom. The van der Waals surface area contributed by atoms with Crippen molar-refractivity contribution in [3.63, 3.8) is 0 Å². The van der Waals surface area contributed by atoms with Crippen LogP contribution in [0.2, 0.25) is 0 Å². The van der Waals surface area contributed by atoms with Crippen LogP contribution in [0.15, 0.2) is 77.8 Å². The zero-order chi connectivity index (χ0) is 24.8. The molecule has 8 nitrogen and oxygen atoms in total. The Kier molecular flexibility index (Phi) is 7.21. The standard InChI is InChI=1S/C27H25N3O5/c1-3-35-27(33)20-8-4-5-9-21(20)29-25(31)17-30-24-11-7-6-10-22(24)28-23(16-26(30)32)18-12-14-19(34-2)15-13-18/h4-15H,3,16-17H2,1-2H3,(H,29,31). The molecule has 0 fully saturated rings. The summed E-state index contributed by atoms with van der Waals surface area (Å²) in [6.45, 7) is 1.69. The Hall–Kier alpha value is -4.46. The van der Waals surface area contributed by atoms with Gasteiger partial charge in [-0.2, -0.15) is 0 Å². The van der Waals surface area contributed by atoms with Crippen LogP contribution in [0.3, 0.4) is 0 Å². The maximum atomic E-state index is 13.3. The van der Waals surface area contributed by atoms with Crippen molar-refractivity contribution in [1.82, 2.24) is 0 Å². The molecule has 0 unspecified atom stereocenters. The fourth-order valence-corrected chi connectivity index (χ4v) is 3.78. The highest BCUT2D eigenvalue weighted by atomic mass is 16.5. The van der Waals surface area contributed by atoms with Crippen molar-refractivity contribution in [2.45, 2.75) is 13.3 Å². The molecule has 1 aliphatic rings. The molecule has 2 amide bonds. The van der Waals surface area contributed by atoms with E-state index in [2.05, 4.69) is 5.32 Å². The number of ether oxygens (including phenoxy) is 2. The highest BCUT2D eigenvalue weighted by Crippen LogP contribution is 2.33. The van der Waals surface area contributed by atoms with E-state index in [0.717, 1.165) is 5.56 Å². The maximum absolute atomic E-state index is 13.3. The molecule has 1 N–H and O–H groups in total. The van der Waals surface area contributed by atoms with Gasteiger partial charge in [-0.1, -0.05) is 24.3 Å². The van der Waals surface area contributed by atoms with Crippen molar-refractivity contribution >= 4 is 40.6 Å². The first-order chi connectivity index (χ1) is 17.0. The minimum absolute atomic E-state index is 0.0215. The van der Waals surface area contributed by atoms with Crippen LogP contribution in [0.1, 0.15) is 29.3 Å². The SMILES string of the molecule is CCOC(=O)c1ccccc1NC(=O)CN1C(=O)CC(c2ccc(OC)cc2)=Nc2ccccc21. The lowest BCUT2D eigenvalue weighted by atomic mass is 10.1. The number of methoxy groups -OCH3 is 1. The summed E-state index contributed by atoms with van der Waals surface area (Å²) in [7, 11) is 1.59. The van der Waals surface area contributed by atoms with Crippen molar-refractivity contribution < 1.29 is 23.9 Å². The second-order valence-electron chi connectivity index (χ2n) is 7.75. The first-order valence-electron chi connectivity index (χ1n) is 11.2. The van der Waals surface area contributed by atoms with E-state index in [1.165, 1.54) is 4.90 Å². The number of nitrogens with one attached hydrogen (secondary N) is 1. The van der Waals surface area contributed by atoms with Crippen molar-refractivity contribution in [3.05, 3.63) is 83.9 Å². The lowest BCUT2D eigenvalue weighted by molar-refractivity contribution is -0.120. The average Bonchev–Trinajstić information content (AvgIpc) is 3.01. The van der Waals surface area contributed by atoms with Crippen LogP contribution >= 0.6 is 0 Å². The summed E-state index contributed by atoms with van der Waals surface area (Å²) < 4.78 is 10.3. The number of amides is 2. The van der Waals surface area contributed by atoms with Gasteiger partial charge in [-0.3, -0.25) is 14.6 Å². The van der Waals surface area contributed by atoms with Crippen LogP contribution in [0, 0.1) is 0 Å². The van der Waals surface area contributed by atoms with Crippen molar-refractivity contribution in [2.75, 3.05) is 30.5 Å². The summed E-state index contributed by atoms with van der Waals surface area (Å²) in [6, 6.07) is 21.1. The molecule has 1 heterocycles. The van der Waals surface area contributed by atoms with E-state index < -0.39 is 11.9 Å². The molecule has 1 aliphatic heterocycles. The van der Waals surface area contributed by atoms with Gasteiger partial charge in [-0.15, -0.1) is 0 Å². The molecular weight excluding hydrogens is 446 g/mol. The van der Waals surface area contributed by atoms with Crippen LogP contribution in [0.4, 0.5) is 17.1 Å². The number of carbonyl (C=O) groups excluding carboxylic acids is 3. The second kappa shape index (κ2) is 10.6. The molecular formula is C27H25N3O5. The summed E-state index contributed by atoms with van der Waals surface area (Å²) in [5.74, 6) is -0.538. The van der Waals surface area contributed by atoms with Gasteiger partial charge in [0, 0.05) is 0 Å². The van der Waals surface area contributed by atoms with Gasteiger partial charge in [0.25, 0.3) is 0 Å². The van der Waals surface area contributed by atoms with Crippen LogP contribution in [-0.2, 0) is 14.3 Å². The predicted octanol–water partition coefficient (Wildman–Crippen LogP) is 4.37. The zero-order valence-electron chi connectivity index (χ0n) is 19.5. The van der Waals surface area contributed by atoms with Gasteiger partial charge < -0.3 is 19.7 Å². The number of hydrogen-bond donors (Lipinski definition) is 1. The molecule has 178 valence electrons. The Morgan fingerprint density at radius 2 is 1.71 bits per heavy atom. The number of nitrogens with zero attached hydrogens (tertiary/aromatic N) is 2. The predicted molar refractivity (Wildman–Crippen MR) is 134 cm³/mol. The molecule has 0 saturated heterocycles. The van der Waals surface area contributed by atoms with E-state index in [1.807, 2.05) is 30.3 Å². The highest BCUT2D eigenvalue weighted by Gasteiger charge is 2.27. The topological polar surface area (TPSA) is 97.3 Å². The minimum atomic E-state index is -0.530. The smallest absolute Gasteiger partial charge is 0.340 e. The Balaban J connectivity index is 1.58. The summed E-state index contributed by atoms with van der Waals surface area (Å²) >= 11 is 0. The molecule has 8 heteroatoms. The molecule has 0 saturated carbocycles. The molecule has 0 aliphatic carbocycles. The number of hydrogen-bond acceptors (Lipinski definition) is 6. The molecule has 0 radical (unpaired) electrons. The van der Waals surface area contributed by atoms with Crippen molar-refractivity contribution in [1.29, 1.82) is 0 Å². The van der Waals surface area contributed by atoms with Crippen LogP contribution in [0.5, 0.6) is 5.75 Å². The Labute approximate surface area is 203 Å². The van der Waals surface area contributed by atoms with E-state index in [9.17, 15) is 14.4 Å². The first-order valence-corrected chi connectivity index (χ1v) is 11.2. The molecule has 0 bridgehead atoms. The van der Waals surface area contributed by atoms with E-state index >= 15 is 0 Å². The van der Waals surface area contributed by atoms with Gasteiger partial charge in [-0.05, 0) is 61.0 Å². The number of para-hydroxylation sites is 3. The quantitative estimate of drug-likeness (QED) is 0.516. The monoisotopic (exact) mass is 471 g/mol. The van der Waals surface area contributed by atoms with E-state index in [0.29, 0.717) is 28.5 Å². The second-order valence-corrected chi connectivity index (χ2v) is 7.75. The Morgan fingerprint density at radius 3 is 2.46 bits per heavy atom. The van der Waals surface area contributed by atoms with Crippen molar-refractivity contribution in [2.24, 2.45) is 4.99 Å². The molecule has 35 heavy (non-hydrogen) atoms. The van der Waals surface area contributed by atoms with Crippen LogP contribution < -0.4 is 15.0 Å². The summed E-state index contributed by atoms with van der Waals surface area (Å²) in [4.78, 5) is 44.7. The molecule has 3 aromatic carbocycles. The normalized spacial score (nSPS) is 12.8. The molecule has 3 aromatic rings. The molecule has 0 spiro atoms. The van der Waals surface area contributed by atoms with Gasteiger partial charge in [0.15, 0.2) is 0 Å². The third kappa shape index (κ3) is 5.38. The highest BCUT2D eigenvalue weighted by molar-refractivity contribution is 6.19. The van der Waals surface area contributed by atoms with E-state index in [4.69, 9.17) is 14.5 Å². The third-order valence-corrected chi connectivity index (χ3v) is 5.47.